The molecule has 1 saturated heterocycles. The number of H-pyrrole nitrogens is 1. The predicted molar refractivity (Wildman–Crippen MR) is 131 cm³/mol. The van der Waals surface area contributed by atoms with Gasteiger partial charge in [-0.15, -0.1) is 5.10 Å². The van der Waals surface area contributed by atoms with E-state index in [1.165, 1.54) is 6.07 Å². The zero-order chi connectivity index (χ0) is 24.1. The van der Waals surface area contributed by atoms with Crippen molar-refractivity contribution in [2.75, 3.05) is 31.1 Å². The van der Waals surface area contributed by atoms with Gasteiger partial charge < -0.3 is 14.8 Å². The maximum Gasteiger partial charge on any atom is 0.222 e. The van der Waals surface area contributed by atoms with Gasteiger partial charge in [-0.1, -0.05) is 13.8 Å². The lowest BCUT2D eigenvalue weighted by Gasteiger charge is -2.35. The molecule has 8 heteroatoms. The number of aromatic amines is 1. The summed E-state index contributed by atoms with van der Waals surface area (Å²) in [7, 11) is 0. The van der Waals surface area contributed by atoms with Crippen LogP contribution in [-0.2, 0) is 11.2 Å². The zero-order valence-electron chi connectivity index (χ0n) is 20.2. The minimum atomic E-state index is -0.214. The molecule has 4 rings (SSSR count). The number of hydrogen-bond donors (Lipinski definition) is 1. The molecule has 1 fully saturated rings. The molecule has 0 bridgehead atoms. The van der Waals surface area contributed by atoms with Gasteiger partial charge in [-0.2, -0.15) is 5.10 Å². The highest BCUT2D eigenvalue weighted by molar-refractivity contribution is 5.76. The molecule has 1 aromatic carbocycles. The van der Waals surface area contributed by atoms with Crippen LogP contribution in [0.1, 0.15) is 56.0 Å². The van der Waals surface area contributed by atoms with Crippen molar-refractivity contribution in [1.82, 2.24) is 25.1 Å². The van der Waals surface area contributed by atoms with Gasteiger partial charge in [-0.05, 0) is 68.0 Å². The fourth-order valence-electron chi connectivity index (χ4n) is 4.36. The average Bonchev–Trinajstić information content (AvgIpc) is 3.30. The topological polar surface area (TPSA) is 78.0 Å². The molecule has 0 saturated carbocycles. The van der Waals surface area contributed by atoms with Crippen molar-refractivity contribution in [2.24, 2.45) is 0 Å². The number of carbonyl (C=O) groups is 1. The van der Waals surface area contributed by atoms with Gasteiger partial charge in [-0.25, -0.2) is 9.37 Å². The highest BCUT2D eigenvalue weighted by atomic mass is 19.1. The normalized spacial score (nSPS) is 14.9. The molecule has 1 N–H and O–H groups in total. The van der Waals surface area contributed by atoms with Crippen molar-refractivity contribution in [3.05, 3.63) is 59.3 Å². The van der Waals surface area contributed by atoms with Crippen LogP contribution in [0.2, 0.25) is 0 Å². The second kappa shape index (κ2) is 10.8. The molecule has 34 heavy (non-hydrogen) atoms. The second-order valence-corrected chi connectivity index (χ2v) is 9.03. The SMILES string of the molecule is CCC(C)c1nc(-c2ccc(F)c(C)c2)[nH]c1CCCC(=O)N1CCN(c2cccnn2)CC1. The van der Waals surface area contributed by atoms with E-state index in [-0.39, 0.29) is 11.7 Å². The maximum atomic E-state index is 13.7. The lowest BCUT2D eigenvalue weighted by molar-refractivity contribution is -0.131. The Bertz CT molecular complexity index is 1110. The molecule has 2 aromatic heterocycles. The predicted octanol–water partition coefficient (Wildman–Crippen LogP) is 4.50. The summed E-state index contributed by atoms with van der Waals surface area (Å²) >= 11 is 0. The summed E-state index contributed by atoms with van der Waals surface area (Å²) < 4.78 is 13.7. The molecular weight excluding hydrogens is 431 g/mol. The molecule has 1 amide bonds. The van der Waals surface area contributed by atoms with Crippen molar-refractivity contribution in [1.29, 1.82) is 0 Å². The quantitative estimate of drug-likeness (QED) is 0.531. The number of nitrogens with one attached hydrogen (secondary N) is 1. The van der Waals surface area contributed by atoms with Gasteiger partial charge in [0.15, 0.2) is 5.82 Å². The Balaban J connectivity index is 1.35. The van der Waals surface area contributed by atoms with E-state index >= 15 is 0 Å². The molecule has 3 heterocycles. The first kappa shape index (κ1) is 23.9. The van der Waals surface area contributed by atoms with Crippen LogP contribution in [0.5, 0.6) is 0 Å². The number of amides is 1. The van der Waals surface area contributed by atoms with E-state index in [2.05, 4.69) is 33.9 Å². The Hall–Kier alpha value is -3.29. The number of halogens is 1. The number of anilines is 1. The minimum Gasteiger partial charge on any atom is -0.352 e. The highest BCUT2D eigenvalue weighted by Crippen LogP contribution is 2.27. The van der Waals surface area contributed by atoms with Crippen LogP contribution in [0.15, 0.2) is 36.5 Å². The molecule has 0 radical (unpaired) electrons. The van der Waals surface area contributed by atoms with Gasteiger partial charge in [0, 0.05) is 50.1 Å². The Kier molecular flexibility index (Phi) is 7.55. The van der Waals surface area contributed by atoms with Crippen molar-refractivity contribution < 1.29 is 9.18 Å². The van der Waals surface area contributed by atoms with Crippen molar-refractivity contribution >= 4 is 11.7 Å². The minimum absolute atomic E-state index is 0.192. The van der Waals surface area contributed by atoms with E-state index in [1.807, 2.05) is 23.1 Å². The van der Waals surface area contributed by atoms with E-state index in [0.717, 1.165) is 60.9 Å². The summed E-state index contributed by atoms with van der Waals surface area (Å²) in [6.07, 6.45) is 4.68. The first-order chi connectivity index (χ1) is 16.5. The van der Waals surface area contributed by atoms with Crippen LogP contribution in [0.3, 0.4) is 0 Å². The molecule has 1 atom stereocenters. The first-order valence-electron chi connectivity index (χ1n) is 12.1. The number of aryl methyl sites for hydroxylation is 2. The number of carbonyl (C=O) groups excluding carboxylic acids is 1. The number of nitrogens with zero attached hydrogens (tertiary/aromatic N) is 5. The van der Waals surface area contributed by atoms with Crippen LogP contribution >= 0.6 is 0 Å². The molecule has 3 aromatic rings. The number of hydrogen-bond acceptors (Lipinski definition) is 5. The van der Waals surface area contributed by atoms with Gasteiger partial charge >= 0.3 is 0 Å². The number of rotatable bonds is 8. The summed E-state index contributed by atoms with van der Waals surface area (Å²) in [4.78, 5) is 25.2. The van der Waals surface area contributed by atoms with E-state index in [9.17, 15) is 9.18 Å². The van der Waals surface area contributed by atoms with Gasteiger partial charge in [0.1, 0.15) is 11.6 Å². The largest absolute Gasteiger partial charge is 0.352 e. The Labute approximate surface area is 200 Å². The summed E-state index contributed by atoms with van der Waals surface area (Å²) in [6.45, 7) is 9.01. The number of imidazole rings is 1. The summed E-state index contributed by atoms with van der Waals surface area (Å²) in [6, 6.07) is 8.90. The number of aromatic nitrogens is 4. The number of benzene rings is 1. The Morgan fingerprint density at radius 2 is 2.00 bits per heavy atom. The standard InChI is InChI=1S/C26H33FN6O/c1-4-18(2)25-22(29-26(30-25)20-10-11-21(27)19(3)17-20)7-5-9-24(34)33-15-13-32(14-16-33)23-8-6-12-28-31-23/h6,8,10-12,17-18H,4-5,7,9,13-16H2,1-3H3,(H,29,30). The molecule has 7 nitrogen and oxygen atoms in total. The molecule has 1 unspecified atom stereocenters. The van der Waals surface area contributed by atoms with E-state index in [4.69, 9.17) is 4.98 Å². The van der Waals surface area contributed by atoms with Crippen molar-refractivity contribution in [3.63, 3.8) is 0 Å². The monoisotopic (exact) mass is 464 g/mol. The fraction of sp³-hybridized carbons (Fsp3) is 0.462. The van der Waals surface area contributed by atoms with Crippen LogP contribution in [0, 0.1) is 12.7 Å². The first-order valence-corrected chi connectivity index (χ1v) is 12.1. The zero-order valence-corrected chi connectivity index (χ0v) is 20.2. The molecule has 1 aliphatic rings. The number of piperazine rings is 1. The molecular formula is C26H33FN6O. The van der Waals surface area contributed by atoms with Crippen molar-refractivity contribution in [2.45, 2.75) is 52.4 Å². The third-order valence-corrected chi connectivity index (χ3v) is 6.65. The second-order valence-electron chi connectivity index (χ2n) is 9.03. The van der Waals surface area contributed by atoms with E-state index in [1.54, 1.807) is 19.2 Å². The lowest BCUT2D eigenvalue weighted by Crippen LogP contribution is -2.49. The van der Waals surface area contributed by atoms with Crippen molar-refractivity contribution in [3.8, 4) is 11.4 Å². The maximum absolute atomic E-state index is 13.7. The summed E-state index contributed by atoms with van der Waals surface area (Å²) in [5, 5.41) is 8.10. The van der Waals surface area contributed by atoms with E-state index < -0.39 is 0 Å². The summed E-state index contributed by atoms with van der Waals surface area (Å²) in [5.41, 5.74) is 3.61. The molecule has 0 spiro atoms. The van der Waals surface area contributed by atoms with Gasteiger partial charge in [0.2, 0.25) is 5.91 Å². The Morgan fingerprint density at radius 3 is 2.68 bits per heavy atom. The third kappa shape index (κ3) is 5.43. The van der Waals surface area contributed by atoms with Gasteiger partial charge in [-0.3, -0.25) is 4.79 Å². The van der Waals surface area contributed by atoms with Crippen LogP contribution in [0.4, 0.5) is 10.2 Å². The average molecular weight is 465 g/mol. The van der Waals surface area contributed by atoms with Crippen LogP contribution < -0.4 is 4.90 Å². The smallest absolute Gasteiger partial charge is 0.222 e. The third-order valence-electron chi connectivity index (χ3n) is 6.65. The van der Waals surface area contributed by atoms with Crippen LogP contribution in [0.25, 0.3) is 11.4 Å². The van der Waals surface area contributed by atoms with E-state index in [0.29, 0.717) is 31.0 Å². The molecule has 180 valence electrons. The molecule has 1 aliphatic heterocycles. The van der Waals surface area contributed by atoms with Crippen LogP contribution in [-0.4, -0.2) is 57.2 Å². The lowest BCUT2D eigenvalue weighted by atomic mass is 10.0. The summed E-state index contributed by atoms with van der Waals surface area (Å²) in [5.74, 6) is 1.91. The van der Waals surface area contributed by atoms with Gasteiger partial charge in [0.05, 0.1) is 5.69 Å². The van der Waals surface area contributed by atoms with Gasteiger partial charge in [0.25, 0.3) is 0 Å². The Morgan fingerprint density at radius 1 is 1.21 bits per heavy atom. The highest BCUT2D eigenvalue weighted by Gasteiger charge is 2.22. The fourth-order valence-corrected chi connectivity index (χ4v) is 4.36. The molecule has 0 aliphatic carbocycles.